The summed E-state index contributed by atoms with van der Waals surface area (Å²) in [6.07, 6.45) is 2.43. The highest BCUT2D eigenvalue weighted by molar-refractivity contribution is 5.82. The number of amides is 3. The van der Waals surface area contributed by atoms with Gasteiger partial charge >= 0.3 is 6.09 Å². The van der Waals surface area contributed by atoms with Gasteiger partial charge in [-0.2, -0.15) is 0 Å². The maximum absolute atomic E-state index is 12.5. The first kappa shape index (κ1) is 23.7. The van der Waals surface area contributed by atoms with E-state index in [2.05, 4.69) is 35.8 Å². The molecule has 1 aromatic rings. The van der Waals surface area contributed by atoms with E-state index in [1.807, 2.05) is 11.0 Å². The van der Waals surface area contributed by atoms with Crippen molar-refractivity contribution in [1.82, 2.24) is 15.5 Å². The second-order valence-electron chi connectivity index (χ2n) is 8.97. The number of carbonyl (C=O) groups is 3. The molecule has 2 rings (SSSR count). The van der Waals surface area contributed by atoms with Crippen molar-refractivity contribution < 1.29 is 19.1 Å². The maximum atomic E-state index is 12.5. The SMILES string of the molecule is Cc1cccc(CCC(=O)N2CCC(CNC(=O)CNC(=O)OC(C)(C)C)CC2)c1. The second-order valence-corrected chi connectivity index (χ2v) is 8.97. The summed E-state index contributed by atoms with van der Waals surface area (Å²) in [6.45, 7) is 9.27. The Morgan fingerprint density at radius 1 is 1.13 bits per heavy atom. The van der Waals surface area contributed by atoms with Crippen molar-refractivity contribution in [3.05, 3.63) is 35.4 Å². The Labute approximate surface area is 179 Å². The molecule has 2 N–H and O–H groups in total. The van der Waals surface area contributed by atoms with Crippen LogP contribution in [0.2, 0.25) is 0 Å². The lowest BCUT2D eigenvalue weighted by Gasteiger charge is -2.32. The first-order valence-electron chi connectivity index (χ1n) is 10.7. The van der Waals surface area contributed by atoms with Crippen molar-refractivity contribution in [1.29, 1.82) is 0 Å². The molecule has 1 saturated heterocycles. The third-order valence-electron chi connectivity index (χ3n) is 5.06. The molecule has 0 aromatic heterocycles. The number of carbonyl (C=O) groups excluding carboxylic acids is 3. The van der Waals surface area contributed by atoms with E-state index in [1.165, 1.54) is 11.1 Å². The van der Waals surface area contributed by atoms with Gasteiger partial charge in [0.2, 0.25) is 11.8 Å². The van der Waals surface area contributed by atoms with Crippen molar-refractivity contribution in [3.63, 3.8) is 0 Å². The predicted octanol–water partition coefficient (Wildman–Crippen LogP) is 2.81. The Hall–Kier alpha value is -2.57. The summed E-state index contributed by atoms with van der Waals surface area (Å²) in [6, 6.07) is 8.27. The van der Waals surface area contributed by atoms with E-state index in [4.69, 9.17) is 4.74 Å². The van der Waals surface area contributed by atoms with Gasteiger partial charge in [-0.1, -0.05) is 29.8 Å². The number of nitrogens with zero attached hydrogens (tertiary/aromatic N) is 1. The first-order chi connectivity index (χ1) is 14.1. The Morgan fingerprint density at radius 2 is 1.83 bits per heavy atom. The quantitative estimate of drug-likeness (QED) is 0.714. The number of piperidine rings is 1. The fourth-order valence-corrected chi connectivity index (χ4v) is 3.45. The van der Waals surface area contributed by atoms with Crippen LogP contribution in [0.3, 0.4) is 0 Å². The number of hydrogen-bond donors (Lipinski definition) is 2. The molecular formula is C23H35N3O4. The predicted molar refractivity (Wildman–Crippen MR) is 116 cm³/mol. The summed E-state index contributed by atoms with van der Waals surface area (Å²) < 4.78 is 5.10. The third-order valence-corrected chi connectivity index (χ3v) is 5.06. The maximum Gasteiger partial charge on any atom is 0.408 e. The summed E-state index contributed by atoms with van der Waals surface area (Å²) in [5.41, 5.74) is 1.82. The Kier molecular flexibility index (Phi) is 8.69. The summed E-state index contributed by atoms with van der Waals surface area (Å²) in [7, 11) is 0. The third kappa shape index (κ3) is 8.84. The molecule has 1 heterocycles. The molecule has 1 fully saturated rings. The lowest BCUT2D eigenvalue weighted by Crippen LogP contribution is -2.44. The van der Waals surface area contributed by atoms with Crippen LogP contribution < -0.4 is 10.6 Å². The van der Waals surface area contributed by atoms with E-state index in [9.17, 15) is 14.4 Å². The highest BCUT2D eigenvalue weighted by Crippen LogP contribution is 2.18. The normalized spacial score (nSPS) is 14.9. The molecule has 0 saturated carbocycles. The molecule has 0 aliphatic carbocycles. The van der Waals surface area contributed by atoms with Gasteiger partial charge in [-0.25, -0.2) is 4.79 Å². The lowest BCUT2D eigenvalue weighted by molar-refractivity contribution is -0.132. The largest absolute Gasteiger partial charge is 0.444 e. The smallest absolute Gasteiger partial charge is 0.408 e. The number of aryl methyl sites for hydroxylation is 2. The minimum Gasteiger partial charge on any atom is -0.444 e. The summed E-state index contributed by atoms with van der Waals surface area (Å²) in [5, 5.41) is 5.31. The van der Waals surface area contributed by atoms with Crippen molar-refractivity contribution in [2.45, 2.75) is 59.0 Å². The molecule has 166 valence electrons. The molecule has 1 aliphatic rings. The van der Waals surface area contributed by atoms with Crippen LogP contribution in [-0.4, -0.2) is 54.6 Å². The average molecular weight is 418 g/mol. The molecule has 0 spiro atoms. The monoisotopic (exact) mass is 417 g/mol. The molecule has 0 bridgehead atoms. The van der Waals surface area contributed by atoms with Crippen molar-refractivity contribution in [3.8, 4) is 0 Å². The van der Waals surface area contributed by atoms with Crippen molar-refractivity contribution in [2.24, 2.45) is 5.92 Å². The zero-order valence-electron chi connectivity index (χ0n) is 18.6. The Bertz CT molecular complexity index is 734. The van der Waals surface area contributed by atoms with Gasteiger partial charge in [0.05, 0.1) is 6.54 Å². The van der Waals surface area contributed by atoms with Crippen molar-refractivity contribution in [2.75, 3.05) is 26.2 Å². The first-order valence-corrected chi connectivity index (χ1v) is 10.7. The number of likely N-dealkylation sites (tertiary alicyclic amines) is 1. The lowest BCUT2D eigenvalue weighted by atomic mass is 9.96. The molecular weight excluding hydrogens is 382 g/mol. The van der Waals surface area contributed by atoms with Crippen LogP contribution >= 0.6 is 0 Å². The van der Waals surface area contributed by atoms with Crippen LogP contribution in [0.25, 0.3) is 0 Å². The Balaban J connectivity index is 1.61. The fourth-order valence-electron chi connectivity index (χ4n) is 3.45. The van der Waals surface area contributed by atoms with Crippen LogP contribution in [0.1, 0.15) is 51.2 Å². The van der Waals surface area contributed by atoms with Crippen LogP contribution in [0.4, 0.5) is 4.79 Å². The van der Waals surface area contributed by atoms with E-state index in [1.54, 1.807) is 20.8 Å². The second kappa shape index (κ2) is 11.0. The molecule has 1 aromatic carbocycles. The van der Waals surface area contributed by atoms with E-state index < -0.39 is 11.7 Å². The van der Waals surface area contributed by atoms with Crippen LogP contribution in [0.5, 0.6) is 0 Å². The van der Waals surface area contributed by atoms with Crippen molar-refractivity contribution >= 4 is 17.9 Å². The molecule has 1 aliphatic heterocycles. The van der Waals surface area contributed by atoms with Gasteiger partial charge in [-0.05, 0) is 58.4 Å². The van der Waals surface area contributed by atoms with Gasteiger partial charge in [-0.3, -0.25) is 9.59 Å². The number of benzene rings is 1. The van der Waals surface area contributed by atoms with Gasteiger partial charge in [0.15, 0.2) is 0 Å². The standard InChI is InChI=1S/C23H35N3O4/c1-17-6-5-7-18(14-17)8-9-21(28)26-12-10-19(11-13-26)15-24-20(27)16-25-22(29)30-23(2,3)4/h5-7,14,19H,8-13,15-16H2,1-4H3,(H,24,27)(H,25,29). The number of ether oxygens (including phenoxy) is 1. The number of hydrogen-bond acceptors (Lipinski definition) is 4. The van der Waals surface area contributed by atoms with Crippen LogP contribution in [-0.2, 0) is 20.7 Å². The van der Waals surface area contributed by atoms with Gasteiger partial charge in [0, 0.05) is 26.1 Å². The number of alkyl carbamates (subject to hydrolysis) is 1. The van der Waals surface area contributed by atoms with Gasteiger partial charge in [-0.15, -0.1) is 0 Å². The zero-order valence-corrected chi connectivity index (χ0v) is 18.6. The topological polar surface area (TPSA) is 87.7 Å². The number of nitrogens with one attached hydrogen (secondary N) is 2. The number of rotatable bonds is 7. The highest BCUT2D eigenvalue weighted by atomic mass is 16.6. The van der Waals surface area contributed by atoms with Crippen LogP contribution in [0, 0.1) is 12.8 Å². The van der Waals surface area contributed by atoms with Crippen LogP contribution in [0.15, 0.2) is 24.3 Å². The van der Waals surface area contributed by atoms with Gasteiger partial charge < -0.3 is 20.3 Å². The average Bonchev–Trinajstić information content (AvgIpc) is 2.68. The Morgan fingerprint density at radius 3 is 2.47 bits per heavy atom. The molecule has 0 atom stereocenters. The summed E-state index contributed by atoms with van der Waals surface area (Å²) in [4.78, 5) is 37.9. The summed E-state index contributed by atoms with van der Waals surface area (Å²) >= 11 is 0. The van der Waals surface area contributed by atoms with E-state index in [-0.39, 0.29) is 18.4 Å². The highest BCUT2D eigenvalue weighted by Gasteiger charge is 2.23. The van der Waals surface area contributed by atoms with E-state index in [0.29, 0.717) is 18.9 Å². The van der Waals surface area contributed by atoms with Gasteiger partial charge in [0.1, 0.15) is 5.60 Å². The molecule has 7 nitrogen and oxygen atoms in total. The molecule has 7 heteroatoms. The molecule has 0 unspecified atom stereocenters. The van der Waals surface area contributed by atoms with E-state index >= 15 is 0 Å². The fraction of sp³-hybridized carbons (Fsp3) is 0.609. The molecule has 3 amide bonds. The minimum absolute atomic E-state index is 0.106. The minimum atomic E-state index is -0.602. The molecule has 30 heavy (non-hydrogen) atoms. The van der Waals surface area contributed by atoms with Gasteiger partial charge in [0.25, 0.3) is 0 Å². The van der Waals surface area contributed by atoms with E-state index in [0.717, 1.165) is 32.4 Å². The zero-order chi connectivity index (χ0) is 22.1. The summed E-state index contributed by atoms with van der Waals surface area (Å²) in [5.74, 6) is 0.300. The molecule has 0 radical (unpaired) electrons.